The molecule has 0 aliphatic heterocycles. The third-order valence-corrected chi connectivity index (χ3v) is 13.2. The molecule has 0 saturated carbocycles. The number of nitrogens with zero attached hydrogens (tertiary/aromatic N) is 4. The average Bonchev–Trinajstić information content (AvgIpc) is 3.90. The van der Waals surface area contributed by atoms with Gasteiger partial charge in [0.1, 0.15) is 0 Å². The van der Waals surface area contributed by atoms with Crippen molar-refractivity contribution >= 4 is 65.2 Å². The van der Waals surface area contributed by atoms with Crippen molar-refractivity contribution in [3.05, 3.63) is 205 Å². The molecule has 0 amide bonds. The number of fused-ring (bicyclic) bond motifs is 11. The maximum Gasteiger partial charge on any atom is 0.0979 e. The standard InChI is InChI=1S/C57H38N4/c1-57(2)46-27-13-10-24-42(46)55-56(57)59-54(44-26-16-30-50-52(44)43-25-12-15-29-48(43)60(50)37-19-4-3-5-20-37)53(58-55)41-31-32-49(39-22-9-8-21-38(39)41)61-47-28-14-11-23-40(47)45-33-35-17-6-7-18-36(35)34-51(45)61/h3-34H,1-2H3. The lowest BCUT2D eigenvalue weighted by Gasteiger charge is -2.22. The summed E-state index contributed by atoms with van der Waals surface area (Å²) in [6, 6.07) is 70.4. The van der Waals surface area contributed by atoms with Gasteiger partial charge in [0.25, 0.3) is 0 Å². The van der Waals surface area contributed by atoms with E-state index in [2.05, 4.69) is 217 Å². The van der Waals surface area contributed by atoms with E-state index >= 15 is 0 Å². The number of benzene rings is 9. The Morgan fingerprint density at radius 2 is 0.984 bits per heavy atom. The van der Waals surface area contributed by atoms with E-state index in [-0.39, 0.29) is 5.41 Å². The van der Waals surface area contributed by atoms with Crippen LogP contribution in [0.1, 0.15) is 25.1 Å². The zero-order valence-electron chi connectivity index (χ0n) is 33.8. The Bertz CT molecular complexity index is 3790. The van der Waals surface area contributed by atoms with Gasteiger partial charge >= 0.3 is 0 Å². The maximum absolute atomic E-state index is 5.82. The highest BCUT2D eigenvalue weighted by molar-refractivity contribution is 6.18. The number of aromatic nitrogens is 4. The predicted octanol–water partition coefficient (Wildman–Crippen LogP) is 14.6. The molecule has 13 rings (SSSR count). The van der Waals surface area contributed by atoms with Crippen LogP contribution in [0.4, 0.5) is 0 Å². The lowest BCUT2D eigenvalue weighted by atomic mass is 9.85. The van der Waals surface area contributed by atoms with Gasteiger partial charge in [-0.25, -0.2) is 9.97 Å². The van der Waals surface area contributed by atoms with Crippen molar-refractivity contribution in [2.75, 3.05) is 0 Å². The second-order valence-corrected chi connectivity index (χ2v) is 16.9. The Morgan fingerprint density at radius 1 is 0.377 bits per heavy atom. The summed E-state index contributed by atoms with van der Waals surface area (Å²) in [7, 11) is 0. The fraction of sp³-hybridized carbons (Fsp3) is 0.0526. The number of hydrogen-bond acceptors (Lipinski definition) is 2. The van der Waals surface area contributed by atoms with Crippen molar-refractivity contribution < 1.29 is 0 Å². The van der Waals surface area contributed by atoms with E-state index in [1.807, 2.05) is 0 Å². The highest BCUT2D eigenvalue weighted by atomic mass is 15.0. The number of rotatable bonds is 4. The monoisotopic (exact) mass is 778 g/mol. The van der Waals surface area contributed by atoms with E-state index in [1.54, 1.807) is 0 Å². The van der Waals surface area contributed by atoms with E-state index < -0.39 is 0 Å². The Balaban J connectivity index is 1.13. The largest absolute Gasteiger partial charge is 0.309 e. The van der Waals surface area contributed by atoms with Crippen LogP contribution in [0.25, 0.3) is 110 Å². The Morgan fingerprint density at radius 3 is 1.80 bits per heavy atom. The van der Waals surface area contributed by atoms with Gasteiger partial charge in [-0.05, 0) is 76.3 Å². The molecule has 0 spiro atoms. The average molecular weight is 779 g/mol. The van der Waals surface area contributed by atoms with Gasteiger partial charge in [-0.2, -0.15) is 0 Å². The van der Waals surface area contributed by atoms with E-state index in [1.165, 1.54) is 48.9 Å². The van der Waals surface area contributed by atoms with Crippen LogP contribution in [0.2, 0.25) is 0 Å². The van der Waals surface area contributed by atoms with Crippen molar-refractivity contribution in [1.29, 1.82) is 0 Å². The lowest BCUT2D eigenvalue weighted by molar-refractivity contribution is 0.636. The van der Waals surface area contributed by atoms with Crippen LogP contribution in [-0.2, 0) is 5.41 Å². The molecule has 0 radical (unpaired) electrons. The van der Waals surface area contributed by atoms with E-state index in [9.17, 15) is 0 Å². The van der Waals surface area contributed by atoms with Gasteiger partial charge in [0.2, 0.25) is 0 Å². The minimum Gasteiger partial charge on any atom is -0.309 e. The van der Waals surface area contributed by atoms with E-state index in [0.29, 0.717) is 0 Å². The minimum atomic E-state index is -0.329. The number of hydrogen-bond donors (Lipinski definition) is 0. The topological polar surface area (TPSA) is 35.6 Å². The molecule has 61 heavy (non-hydrogen) atoms. The molecule has 0 unspecified atom stereocenters. The van der Waals surface area contributed by atoms with Gasteiger partial charge in [0.05, 0.1) is 50.5 Å². The third-order valence-electron chi connectivity index (χ3n) is 13.2. The molecule has 4 nitrogen and oxygen atoms in total. The van der Waals surface area contributed by atoms with Crippen LogP contribution < -0.4 is 0 Å². The molecular formula is C57H38N4. The summed E-state index contributed by atoms with van der Waals surface area (Å²) in [5, 5.41) is 9.61. The van der Waals surface area contributed by atoms with Crippen molar-refractivity contribution in [2.24, 2.45) is 0 Å². The second-order valence-electron chi connectivity index (χ2n) is 16.9. The zero-order valence-corrected chi connectivity index (χ0v) is 33.8. The maximum atomic E-state index is 5.82. The molecule has 4 heteroatoms. The first kappa shape index (κ1) is 34.1. The predicted molar refractivity (Wildman–Crippen MR) is 254 cm³/mol. The molecule has 0 fully saturated rings. The molecule has 0 N–H and O–H groups in total. The van der Waals surface area contributed by atoms with Crippen molar-refractivity contribution in [3.63, 3.8) is 0 Å². The Hall–Kier alpha value is -7.82. The molecule has 3 heterocycles. The summed E-state index contributed by atoms with van der Waals surface area (Å²) in [4.78, 5) is 11.6. The molecule has 12 aromatic rings. The van der Waals surface area contributed by atoms with Gasteiger partial charge in [-0.3, -0.25) is 0 Å². The highest BCUT2D eigenvalue weighted by Crippen LogP contribution is 2.51. The molecule has 0 atom stereocenters. The minimum absolute atomic E-state index is 0.329. The van der Waals surface area contributed by atoms with Crippen molar-refractivity contribution in [3.8, 4) is 45.1 Å². The van der Waals surface area contributed by atoms with Gasteiger partial charge in [0, 0.05) is 54.7 Å². The van der Waals surface area contributed by atoms with Crippen molar-refractivity contribution in [2.45, 2.75) is 19.3 Å². The molecular weight excluding hydrogens is 741 g/mol. The first-order valence-electron chi connectivity index (χ1n) is 21.1. The smallest absolute Gasteiger partial charge is 0.0979 e. The summed E-state index contributed by atoms with van der Waals surface area (Å²) in [6.07, 6.45) is 0. The Kier molecular flexibility index (Phi) is 7.04. The second kappa shape index (κ2) is 12.6. The molecule has 286 valence electrons. The molecule has 1 aliphatic rings. The molecule has 9 aromatic carbocycles. The van der Waals surface area contributed by atoms with Gasteiger partial charge < -0.3 is 9.13 Å². The van der Waals surface area contributed by atoms with Gasteiger partial charge in [-0.1, -0.05) is 153 Å². The van der Waals surface area contributed by atoms with Gasteiger partial charge in [-0.15, -0.1) is 0 Å². The summed E-state index contributed by atoms with van der Waals surface area (Å²) < 4.78 is 4.84. The van der Waals surface area contributed by atoms with Crippen LogP contribution in [-0.4, -0.2) is 19.1 Å². The SMILES string of the molecule is CC1(C)c2ccccc2-c2nc(-c3ccc(-n4c5ccccc5c5cc6ccccc6cc54)c4ccccc34)c(-c3cccc4c3c3ccccc3n4-c3ccccc3)nc21. The summed E-state index contributed by atoms with van der Waals surface area (Å²) >= 11 is 0. The van der Waals surface area contributed by atoms with Gasteiger partial charge in [0.15, 0.2) is 0 Å². The third kappa shape index (κ3) is 4.76. The van der Waals surface area contributed by atoms with Crippen LogP contribution in [0.3, 0.4) is 0 Å². The molecule has 0 bridgehead atoms. The van der Waals surface area contributed by atoms with E-state index in [0.717, 1.165) is 72.6 Å². The summed E-state index contributed by atoms with van der Waals surface area (Å²) in [5.74, 6) is 0. The molecule has 0 saturated heterocycles. The van der Waals surface area contributed by atoms with Crippen LogP contribution in [0, 0.1) is 0 Å². The lowest BCUT2D eigenvalue weighted by Crippen LogP contribution is -2.17. The summed E-state index contributed by atoms with van der Waals surface area (Å²) in [6.45, 7) is 4.58. The van der Waals surface area contributed by atoms with Crippen LogP contribution in [0.5, 0.6) is 0 Å². The quantitative estimate of drug-likeness (QED) is 0.178. The zero-order chi connectivity index (χ0) is 40.4. The van der Waals surface area contributed by atoms with Crippen LogP contribution >= 0.6 is 0 Å². The molecule has 1 aliphatic carbocycles. The normalized spacial score (nSPS) is 13.2. The Labute approximate surface area is 352 Å². The van der Waals surface area contributed by atoms with Crippen LogP contribution in [0.15, 0.2) is 194 Å². The fourth-order valence-corrected chi connectivity index (χ4v) is 10.5. The summed E-state index contributed by atoms with van der Waals surface area (Å²) in [5.41, 5.74) is 14.9. The van der Waals surface area contributed by atoms with Crippen molar-refractivity contribution in [1.82, 2.24) is 19.1 Å². The fourth-order valence-electron chi connectivity index (χ4n) is 10.5. The number of para-hydroxylation sites is 3. The first-order chi connectivity index (χ1) is 30.0. The highest BCUT2D eigenvalue weighted by Gasteiger charge is 2.39. The molecule has 3 aromatic heterocycles. The first-order valence-corrected chi connectivity index (χ1v) is 21.1. The van der Waals surface area contributed by atoms with E-state index in [4.69, 9.17) is 9.97 Å².